The van der Waals surface area contributed by atoms with E-state index in [1.54, 1.807) is 19.4 Å². The fourth-order valence-electron chi connectivity index (χ4n) is 5.36. The SMILES string of the molecule is C=CC(=O)C[C@H]1CCOC[C@H]1Nc1cc2c(N3CCC(OC)C3)nc(-c3c(Cl)c(OC)cc(OC)c3Cl)nc2cn1. The van der Waals surface area contributed by atoms with E-state index in [0.717, 1.165) is 24.8 Å². The first-order valence-corrected chi connectivity index (χ1v) is 14.2. The molecule has 0 spiro atoms. The maximum Gasteiger partial charge on any atom is 0.165 e. The molecule has 0 bridgehead atoms. The van der Waals surface area contributed by atoms with Gasteiger partial charge >= 0.3 is 0 Å². The predicted molar refractivity (Wildman–Crippen MR) is 160 cm³/mol. The van der Waals surface area contributed by atoms with E-state index in [0.29, 0.717) is 66.2 Å². The smallest absolute Gasteiger partial charge is 0.165 e. The second-order valence-electron chi connectivity index (χ2n) is 10.1. The molecular weight excluding hydrogens is 569 g/mol. The number of fused-ring (bicyclic) bond motifs is 1. The highest BCUT2D eigenvalue weighted by atomic mass is 35.5. The number of carbonyl (C=O) groups excluding carboxylic acids is 1. The van der Waals surface area contributed by atoms with Gasteiger partial charge < -0.3 is 29.2 Å². The maximum absolute atomic E-state index is 12.1. The molecule has 0 aliphatic carbocycles. The van der Waals surface area contributed by atoms with E-state index in [2.05, 4.69) is 21.8 Å². The third-order valence-corrected chi connectivity index (χ3v) is 8.41. The van der Waals surface area contributed by atoms with Crippen molar-refractivity contribution in [3.63, 3.8) is 0 Å². The van der Waals surface area contributed by atoms with E-state index in [1.807, 2.05) is 6.07 Å². The van der Waals surface area contributed by atoms with Crippen LogP contribution in [0.2, 0.25) is 10.0 Å². The Labute approximate surface area is 248 Å². The molecule has 218 valence electrons. The molecule has 3 aromatic rings. The van der Waals surface area contributed by atoms with Crippen molar-refractivity contribution < 1.29 is 23.7 Å². The van der Waals surface area contributed by atoms with Gasteiger partial charge in [-0.25, -0.2) is 15.0 Å². The van der Waals surface area contributed by atoms with Crippen LogP contribution < -0.4 is 19.7 Å². The topological polar surface area (TPSA) is 108 Å². The van der Waals surface area contributed by atoms with Gasteiger partial charge in [0.2, 0.25) is 0 Å². The van der Waals surface area contributed by atoms with Crippen molar-refractivity contribution in [2.75, 3.05) is 57.8 Å². The number of benzene rings is 1. The minimum atomic E-state index is -0.0761. The molecule has 10 nitrogen and oxygen atoms in total. The van der Waals surface area contributed by atoms with E-state index >= 15 is 0 Å². The number of rotatable bonds is 10. The Balaban J connectivity index is 1.59. The predicted octanol–water partition coefficient (Wildman–Crippen LogP) is 5.20. The number of pyridine rings is 1. The molecule has 2 aromatic heterocycles. The van der Waals surface area contributed by atoms with Crippen LogP contribution in [0.3, 0.4) is 0 Å². The molecule has 12 heteroatoms. The van der Waals surface area contributed by atoms with Crippen molar-refractivity contribution >= 4 is 51.5 Å². The number of anilines is 2. The molecule has 0 amide bonds. The van der Waals surface area contributed by atoms with E-state index in [1.165, 1.54) is 20.3 Å². The number of nitrogens with zero attached hydrogens (tertiary/aromatic N) is 4. The molecule has 2 fully saturated rings. The average molecular weight is 603 g/mol. The van der Waals surface area contributed by atoms with E-state index in [4.69, 9.17) is 52.1 Å². The van der Waals surface area contributed by atoms with Gasteiger partial charge in [0.15, 0.2) is 11.6 Å². The lowest BCUT2D eigenvalue weighted by molar-refractivity contribution is -0.116. The van der Waals surface area contributed by atoms with Crippen LogP contribution >= 0.6 is 23.2 Å². The molecule has 1 unspecified atom stereocenters. The molecule has 3 atom stereocenters. The summed E-state index contributed by atoms with van der Waals surface area (Å²) < 4.78 is 22.3. The zero-order chi connectivity index (χ0) is 29.1. The van der Waals surface area contributed by atoms with Gasteiger partial charge in [-0.3, -0.25) is 4.79 Å². The van der Waals surface area contributed by atoms with Crippen molar-refractivity contribution in [1.82, 2.24) is 15.0 Å². The molecule has 4 heterocycles. The number of allylic oxidation sites excluding steroid dienone is 1. The maximum atomic E-state index is 12.1. The minimum Gasteiger partial charge on any atom is -0.495 e. The molecule has 2 aliphatic rings. The number of hydrogen-bond acceptors (Lipinski definition) is 10. The van der Waals surface area contributed by atoms with Crippen LogP contribution in [0.25, 0.3) is 22.3 Å². The highest BCUT2D eigenvalue weighted by Gasteiger charge is 2.30. The Morgan fingerprint density at radius 3 is 2.59 bits per heavy atom. The van der Waals surface area contributed by atoms with Crippen molar-refractivity contribution in [3.05, 3.63) is 41.0 Å². The summed E-state index contributed by atoms with van der Waals surface area (Å²) in [6, 6.07) is 3.49. The summed E-state index contributed by atoms with van der Waals surface area (Å²) in [5, 5.41) is 4.86. The molecule has 0 radical (unpaired) electrons. The van der Waals surface area contributed by atoms with E-state index in [-0.39, 0.29) is 33.9 Å². The van der Waals surface area contributed by atoms with E-state index in [9.17, 15) is 4.79 Å². The van der Waals surface area contributed by atoms with Crippen LogP contribution in [0.5, 0.6) is 11.5 Å². The number of ketones is 1. The quantitative estimate of drug-likeness (QED) is 0.311. The van der Waals surface area contributed by atoms with Crippen LogP contribution in [0.4, 0.5) is 11.6 Å². The highest BCUT2D eigenvalue weighted by molar-refractivity contribution is 6.41. The lowest BCUT2D eigenvalue weighted by Crippen LogP contribution is -2.39. The molecule has 2 aliphatic heterocycles. The molecular formula is C29H33Cl2N5O5. The Hall–Kier alpha value is -3.18. The fourth-order valence-corrected chi connectivity index (χ4v) is 6.03. The largest absolute Gasteiger partial charge is 0.495 e. The second-order valence-corrected chi connectivity index (χ2v) is 10.8. The Kier molecular flexibility index (Phi) is 9.13. The van der Waals surface area contributed by atoms with Gasteiger partial charge in [-0.05, 0) is 30.9 Å². The summed E-state index contributed by atoms with van der Waals surface area (Å²) in [5.41, 5.74) is 1.02. The lowest BCUT2D eigenvalue weighted by Gasteiger charge is -2.32. The minimum absolute atomic E-state index is 0.0200. The Bertz CT molecular complexity index is 1430. The first kappa shape index (κ1) is 29.3. The summed E-state index contributed by atoms with van der Waals surface area (Å²) in [5.74, 6) is 2.60. The highest BCUT2D eigenvalue weighted by Crippen LogP contribution is 2.46. The van der Waals surface area contributed by atoms with Gasteiger partial charge in [0.05, 0.1) is 60.3 Å². The second kappa shape index (κ2) is 12.8. The zero-order valence-corrected chi connectivity index (χ0v) is 24.8. The van der Waals surface area contributed by atoms with Crippen LogP contribution in [-0.2, 0) is 14.3 Å². The standard InChI is InChI=1S/C29H33Cl2N5O5/c1-5-17(37)10-16-7-9-41-15-21(16)33-24-11-19-20(13-32-24)34-28(35-29(19)36-8-6-18(14-36)38-2)25-26(30)22(39-3)12-23(40-4)27(25)31/h5,11-13,16,18,21H,1,6-10,14-15H2,2-4H3,(H,32,33)/t16-,18?,21-/m1/s1. The first-order valence-electron chi connectivity index (χ1n) is 13.4. The summed E-state index contributed by atoms with van der Waals surface area (Å²) in [4.78, 5) is 28.7. The summed E-state index contributed by atoms with van der Waals surface area (Å²) in [6.07, 6.45) is 5.20. The zero-order valence-electron chi connectivity index (χ0n) is 23.3. The first-order chi connectivity index (χ1) is 19.9. The summed E-state index contributed by atoms with van der Waals surface area (Å²) in [7, 11) is 4.76. The van der Waals surface area contributed by atoms with Crippen molar-refractivity contribution in [2.45, 2.75) is 31.4 Å². The number of methoxy groups -OCH3 is 3. The molecule has 2 saturated heterocycles. The molecule has 1 N–H and O–H groups in total. The molecule has 1 aromatic carbocycles. The number of carbonyl (C=O) groups is 1. The number of hydrogen-bond donors (Lipinski definition) is 1. The molecule has 0 saturated carbocycles. The molecule has 5 rings (SSSR count). The number of aromatic nitrogens is 3. The average Bonchev–Trinajstić information content (AvgIpc) is 3.47. The Morgan fingerprint density at radius 1 is 1.17 bits per heavy atom. The monoisotopic (exact) mass is 601 g/mol. The van der Waals surface area contributed by atoms with Crippen molar-refractivity contribution in [3.8, 4) is 22.9 Å². The van der Waals surface area contributed by atoms with Gasteiger partial charge in [0.1, 0.15) is 23.1 Å². The van der Waals surface area contributed by atoms with Crippen LogP contribution in [0.1, 0.15) is 19.3 Å². The van der Waals surface area contributed by atoms with Gasteiger partial charge in [0.25, 0.3) is 0 Å². The van der Waals surface area contributed by atoms with Gasteiger partial charge in [-0.2, -0.15) is 0 Å². The third-order valence-electron chi connectivity index (χ3n) is 7.66. The van der Waals surface area contributed by atoms with Crippen LogP contribution in [-0.4, -0.2) is 80.5 Å². The summed E-state index contributed by atoms with van der Waals surface area (Å²) >= 11 is 13.5. The van der Waals surface area contributed by atoms with Gasteiger partial charge in [-0.15, -0.1) is 0 Å². The van der Waals surface area contributed by atoms with Gasteiger partial charge in [-0.1, -0.05) is 29.8 Å². The van der Waals surface area contributed by atoms with E-state index < -0.39 is 0 Å². The third kappa shape index (κ3) is 6.06. The van der Waals surface area contributed by atoms with Crippen LogP contribution in [0.15, 0.2) is 31.0 Å². The molecule has 41 heavy (non-hydrogen) atoms. The van der Waals surface area contributed by atoms with Crippen molar-refractivity contribution in [1.29, 1.82) is 0 Å². The normalized spacial score (nSPS) is 20.7. The Morgan fingerprint density at radius 2 is 1.93 bits per heavy atom. The van der Waals surface area contributed by atoms with Crippen molar-refractivity contribution in [2.24, 2.45) is 5.92 Å². The number of halogens is 2. The lowest BCUT2D eigenvalue weighted by atomic mass is 9.89. The number of nitrogens with one attached hydrogen (secondary N) is 1. The number of ether oxygens (including phenoxy) is 4. The van der Waals surface area contributed by atoms with Crippen LogP contribution in [0, 0.1) is 5.92 Å². The fraction of sp³-hybridized carbons (Fsp3) is 0.448. The van der Waals surface area contributed by atoms with Gasteiger partial charge in [0, 0.05) is 44.7 Å². The summed E-state index contributed by atoms with van der Waals surface area (Å²) in [6.45, 7) is 6.13.